The molecule has 2 amide bonds. The van der Waals surface area contributed by atoms with Crippen LogP contribution in [0.3, 0.4) is 0 Å². The number of ketones is 1. The number of amides is 2. The summed E-state index contributed by atoms with van der Waals surface area (Å²) in [4.78, 5) is 41.6. The van der Waals surface area contributed by atoms with Crippen molar-refractivity contribution in [2.45, 2.75) is 84.2 Å². The number of likely N-dealkylation sites (tertiary alicyclic amines) is 1. The molecule has 1 unspecified atom stereocenters. The number of hydrogen-bond acceptors (Lipinski definition) is 6. The summed E-state index contributed by atoms with van der Waals surface area (Å²) in [5, 5.41) is 6.40. The van der Waals surface area contributed by atoms with E-state index in [1.165, 1.54) is 6.42 Å². The maximum atomic E-state index is 13.4. The van der Waals surface area contributed by atoms with Crippen LogP contribution in [-0.4, -0.2) is 61.9 Å². The number of benzene rings is 2. The van der Waals surface area contributed by atoms with Crippen LogP contribution in [0.5, 0.6) is 11.5 Å². The van der Waals surface area contributed by atoms with Gasteiger partial charge in [0, 0.05) is 48.7 Å². The van der Waals surface area contributed by atoms with Crippen molar-refractivity contribution in [1.82, 2.24) is 15.5 Å². The molecular weight excluding hydrogens is 542 g/mol. The van der Waals surface area contributed by atoms with E-state index < -0.39 is 6.04 Å². The van der Waals surface area contributed by atoms with Gasteiger partial charge in [0.15, 0.2) is 5.78 Å². The van der Waals surface area contributed by atoms with Crippen LogP contribution in [0.4, 0.5) is 0 Å². The van der Waals surface area contributed by atoms with Crippen molar-refractivity contribution in [2.75, 3.05) is 33.4 Å². The Hall–Kier alpha value is -3.39. The minimum atomic E-state index is -0.436. The Morgan fingerprint density at radius 1 is 1.00 bits per heavy atom. The minimum absolute atomic E-state index is 0.0626. The SMILES string of the molecule is CCOc1cc(OC)ccc1CNCC(=O)N1CCCC(c2cccc(C(=O)N[C@@H](C(=O)C(C)C)C3CCCCC3)c2)C1. The average Bonchev–Trinajstić information content (AvgIpc) is 3.04. The number of hydrogen-bond donors (Lipinski definition) is 2. The Morgan fingerprint density at radius 2 is 1.79 bits per heavy atom. The smallest absolute Gasteiger partial charge is 0.251 e. The van der Waals surface area contributed by atoms with E-state index in [1.807, 2.05) is 68.1 Å². The van der Waals surface area contributed by atoms with E-state index in [0.717, 1.165) is 67.7 Å². The first-order valence-electron chi connectivity index (χ1n) is 16.0. The Balaban J connectivity index is 1.35. The van der Waals surface area contributed by atoms with Gasteiger partial charge in [-0.1, -0.05) is 51.3 Å². The number of nitrogens with one attached hydrogen (secondary N) is 2. The minimum Gasteiger partial charge on any atom is -0.497 e. The van der Waals surface area contributed by atoms with E-state index in [2.05, 4.69) is 10.6 Å². The van der Waals surface area contributed by atoms with Crippen LogP contribution in [0.25, 0.3) is 0 Å². The highest BCUT2D eigenvalue weighted by atomic mass is 16.5. The van der Waals surface area contributed by atoms with Crippen molar-refractivity contribution >= 4 is 17.6 Å². The van der Waals surface area contributed by atoms with Crippen LogP contribution in [-0.2, 0) is 16.1 Å². The normalized spacial score (nSPS) is 18.3. The fourth-order valence-electron chi connectivity index (χ4n) is 6.40. The lowest BCUT2D eigenvalue weighted by Crippen LogP contribution is -2.48. The van der Waals surface area contributed by atoms with Crippen LogP contribution in [0, 0.1) is 11.8 Å². The van der Waals surface area contributed by atoms with E-state index in [4.69, 9.17) is 9.47 Å². The predicted molar refractivity (Wildman–Crippen MR) is 169 cm³/mol. The summed E-state index contributed by atoms with van der Waals surface area (Å²) in [7, 11) is 1.63. The van der Waals surface area contributed by atoms with Crippen molar-refractivity contribution in [2.24, 2.45) is 11.8 Å². The number of methoxy groups -OCH3 is 1. The molecule has 1 aliphatic carbocycles. The van der Waals surface area contributed by atoms with Crippen LogP contribution in [0.2, 0.25) is 0 Å². The van der Waals surface area contributed by atoms with Gasteiger partial charge in [-0.3, -0.25) is 14.4 Å². The van der Waals surface area contributed by atoms with Crippen LogP contribution in [0.15, 0.2) is 42.5 Å². The Labute approximate surface area is 256 Å². The Bertz CT molecular complexity index is 1240. The third-order valence-electron chi connectivity index (χ3n) is 8.84. The maximum Gasteiger partial charge on any atom is 0.251 e. The molecule has 4 rings (SSSR count). The second-order valence-corrected chi connectivity index (χ2v) is 12.2. The lowest BCUT2D eigenvalue weighted by Gasteiger charge is -2.33. The number of Topliss-reactive ketones (excluding diaryl/α,β-unsaturated/α-hetero) is 1. The fraction of sp³-hybridized carbons (Fsp3) is 0.571. The van der Waals surface area contributed by atoms with Gasteiger partial charge < -0.3 is 25.0 Å². The standard InChI is InChI=1S/C35H49N3O5/c1-5-43-31-20-30(42-4)17-16-28(31)21-36-22-32(39)38-18-10-15-29(23-38)26-13-9-14-27(19-26)35(41)37-33(34(40)24(2)3)25-11-7-6-8-12-25/h9,13-14,16-17,19-20,24-25,29,33,36H,5-8,10-12,15,18,21-23H2,1-4H3,(H,37,41)/t29?,33-/m1/s1. The largest absolute Gasteiger partial charge is 0.497 e. The second kappa shape index (κ2) is 15.9. The van der Waals surface area contributed by atoms with E-state index in [9.17, 15) is 14.4 Å². The molecule has 0 spiro atoms. The first-order valence-corrected chi connectivity index (χ1v) is 16.0. The zero-order chi connectivity index (χ0) is 30.8. The molecule has 234 valence electrons. The van der Waals surface area contributed by atoms with Crippen molar-refractivity contribution in [1.29, 1.82) is 0 Å². The molecule has 2 aromatic carbocycles. The summed E-state index contributed by atoms with van der Waals surface area (Å²) in [6.45, 7) is 8.41. The molecule has 2 atom stereocenters. The van der Waals surface area contributed by atoms with Gasteiger partial charge in [0.2, 0.25) is 5.91 Å². The van der Waals surface area contributed by atoms with Gasteiger partial charge in [-0.05, 0) is 62.3 Å². The monoisotopic (exact) mass is 591 g/mol. The lowest BCUT2D eigenvalue weighted by molar-refractivity contribution is -0.131. The molecule has 2 fully saturated rings. The van der Waals surface area contributed by atoms with Crippen LogP contribution < -0.4 is 20.1 Å². The average molecular weight is 592 g/mol. The third kappa shape index (κ3) is 8.82. The number of carbonyl (C=O) groups is 3. The molecule has 2 N–H and O–H groups in total. The second-order valence-electron chi connectivity index (χ2n) is 12.2. The Morgan fingerprint density at radius 3 is 2.51 bits per heavy atom. The quantitative estimate of drug-likeness (QED) is 0.320. The molecule has 1 saturated carbocycles. The van der Waals surface area contributed by atoms with Crippen molar-refractivity contribution in [3.63, 3.8) is 0 Å². The van der Waals surface area contributed by atoms with Gasteiger partial charge in [-0.15, -0.1) is 0 Å². The van der Waals surface area contributed by atoms with E-state index in [-0.39, 0.29) is 41.9 Å². The summed E-state index contributed by atoms with van der Waals surface area (Å²) in [6.07, 6.45) is 7.26. The van der Waals surface area contributed by atoms with E-state index >= 15 is 0 Å². The zero-order valence-corrected chi connectivity index (χ0v) is 26.3. The summed E-state index contributed by atoms with van der Waals surface area (Å²) in [5.74, 6) is 1.71. The molecule has 2 aromatic rings. The predicted octanol–water partition coefficient (Wildman–Crippen LogP) is 5.49. The summed E-state index contributed by atoms with van der Waals surface area (Å²) >= 11 is 0. The van der Waals surface area contributed by atoms with Gasteiger partial charge in [-0.25, -0.2) is 0 Å². The molecule has 8 nitrogen and oxygen atoms in total. The summed E-state index contributed by atoms with van der Waals surface area (Å²) in [5.41, 5.74) is 2.61. The molecule has 2 aliphatic rings. The number of rotatable bonds is 13. The highest BCUT2D eigenvalue weighted by Crippen LogP contribution is 2.30. The van der Waals surface area contributed by atoms with Gasteiger partial charge in [0.25, 0.3) is 5.91 Å². The molecule has 0 aromatic heterocycles. The highest BCUT2D eigenvalue weighted by Gasteiger charge is 2.32. The van der Waals surface area contributed by atoms with Crippen molar-refractivity contribution in [3.8, 4) is 11.5 Å². The van der Waals surface area contributed by atoms with Gasteiger partial charge in [0.05, 0.1) is 26.3 Å². The summed E-state index contributed by atoms with van der Waals surface area (Å²) < 4.78 is 11.1. The van der Waals surface area contributed by atoms with E-state index in [1.54, 1.807) is 7.11 Å². The third-order valence-corrected chi connectivity index (χ3v) is 8.84. The molecule has 8 heteroatoms. The molecule has 1 aliphatic heterocycles. The molecule has 43 heavy (non-hydrogen) atoms. The number of carbonyl (C=O) groups excluding carboxylic acids is 3. The number of ether oxygens (including phenoxy) is 2. The molecular formula is C35H49N3O5. The van der Waals surface area contributed by atoms with Gasteiger partial charge in [0.1, 0.15) is 11.5 Å². The van der Waals surface area contributed by atoms with Crippen LogP contribution in [0.1, 0.15) is 93.1 Å². The number of nitrogens with zero attached hydrogens (tertiary/aromatic N) is 1. The van der Waals surface area contributed by atoms with Gasteiger partial charge >= 0.3 is 0 Å². The van der Waals surface area contributed by atoms with Crippen molar-refractivity contribution in [3.05, 3.63) is 59.2 Å². The Kier molecular flexibility index (Phi) is 12.0. The summed E-state index contributed by atoms with van der Waals surface area (Å²) in [6, 6.07) is 13.0. The fourth-order valence-corrected chi connectivity index (χ4v) is 6.40. The van der Waals surface area contributed by atoms with Crippen molar-refractivity contribution < 1.29 is 23.9 Å². The molecule has 1 saturated heterocycles. The van der Waals surface area contributed by atoms with Crippen LogP contribution >= 0.6 is 0 Å². The molecule has 0 radical (unpaired) electrons. The molecule has 0 bridgehead atoms. The molecule has 1 heterocycles. The first kappa shape index (κ1) is 32.5. The lowest BCUT2D eigenvalue weighted by atomic mass is 9.80. The highest BCUT2D eigenvalue weighted by molar-refractivity contribution is 5.98. The first-order chi connectivity index (χ1) is 20.8. The maximum absolute atomic E-state index is 13.4. The van der Waals surface area contributed by atoms with Gasteiger partial charge in [-0.2, -0.15) is 0 Å². The van der Waals surface area contributed by atoms with E-state index in [0.29, 0.717) is 25.3 Å². The number of piperidine rings is 1. The zero-order valence-electron chi connectivity index (χ0n) is 26.3. The topological polar surface area (TPSA) is 97.0 Å².